The Hall–Kier alpha value is -2.68. The maximum Gasteiger partial charge on any atom is 0.267 e. The third-order valence-corrected chi connectivity index (χ3v) is 3.68. The van der Waals surface area contributed by atoms with Gasteiger partial charge in [0, 0.05) is 17.6 Å². The lowest BCUT2D eigenvalue weighted by atomic mass is 10.2. The SMILES string of the molecule is N#C/C(=C/Nc1cccc(Cl)c1Cl)C(=O)Nc1ccc(N)cc1. The van der Waals surface area contributed by atoms with Gasteiger partial charge in [-0.05, 0) is 36.4 Å². The predicted octanol–water partition coefficient (Wildman–Crippen LogP) is 4.03. The lowest BCUT2D eigenvalue weighted by molar-refractivity contribution is -0.112. The number of anilines is 3. The first-order valence-corrected chi connectivity index (χ1v) is 7.24. The van der Waals surface area contributed by atoms with E-state index in [1.54, 1.807) is 42.5 Å². The summed E-state index contributed by atoms with van der Waals surface area (Å²) in [7, 11) is 0. The van der Waals surface area contributed by atoms with Gasteiger partial charge in [0.2, 0.25) is 0 Å². The molecule has 2 aromatic rings. The summed E-state index contributed by atoms with van der Waals surface area (Å²) in [4.78, 5) is 12.1. The number of carbonyl (C=O) groups excluding carboxylic acids is 1. The van der Waals surface area contributed by atoms with E-state index in [2.05, 4.69) is 10.6 Å². The number of nitrogens with two attached hydrogens (primary N) is 1. The largest absolute Gasteiger partial charge is 0.399 e. The predicted molar refractivity (Wildman–Crippen MR) is 93.3 cm³/mol. The second-order valence-corrected chi connectivity index (χ2v) is 5.28. The van der Waals surface area contributed by atoms with Gasteiger partial charge in [0.1, 0.15) is 11.6 Å². The van der Waals surface area contributed by atoms with E-state index in [1.165, 1.54) is 6.20 Å². The number of hydrogen-bond donors (Lipinski definition) is 3. The second-order valence-electron chi connectivity index (χ2n) is 4.49. The molecule has 0 saturated heterocycles. The van der Waals surface area contributed by atoms with E-state index in [-0.39, 0.29) is 5.57 Å². The van der Waals surface area contributed by atoms with E-state index in [0.29, 0.717) is 27.1 Å². The van der Waals surface area contributed by atoms with Crippen molar-refractivity contribution in [1.82, 2.24) is 0 Å². The highest BCUT2D eigenvalue weighted by Gasteiger charge is 2.10. The minimum absolute atomic E-state index is 0.113. The third-order valence-electron chi connectivity index (χ3n) is 2.86. The molecule has 0 unspecified atom stereocenters. The van der Waals surface area contributed by atoms with Crippen LogP contribution in [0.1, 0.15) is 0 Å². The highest BCUT2D eigenvalue weighted by atomic mass is 35.5. The molecule has 0 spiro atoms. The maximum absolute atomic E-state index is 12.1. The van der Waals surface area contributed by atoms with Gasteiger partial charge in [-0.2, -0.15) is 5.26 Å². The molecule has 0 aliphatic carbocycles. The lowest BCUT2D eigenvalue weighted by Gasteiger charge is -2.07. The number of nitriles is 1. The lowest BCUT2D eigenvalue weighted by Crippen LogP contribution is -2.14. The van der Waals surface area contributed by atoms with E-state index in [4.69, 9.17) is 34.2 Å². The molecule has 2 rings (SSSR count). The first-order chi connectivity index (χ1) is 11.0. The molecule has 2 aromatic carbocycles. The van der Waals surface area contributed by atoms with Gasteiger partial charge in [0.25, 0.3) is 5.91 Å². The molecule has 0 atom stereocenters. The van der Waals surface area contributed by atoms with E-state index in [9.17, 15) is 4.79 Å². The third kappa shape index (κ3) is 4.39. The fourth-order valence-corrected chi connectivity index (χ4v) is 2.03. The van der Waals surface area contributed by atoms with Gasteiger partial charge >= 0.3 is 0 Å². The number of nitrogens with one attached hydrogen (secondary N) is 2. The Morgan fingerprint density at radius 3 is 2.52 bits per heavy atom. The smallest absolute Gasteiger partial charge is 0.267 e. The Morgan fingerprint density at radius 1 is 1.17 bits per heavy atom. The molecule has 0 aliphatic rings. The number of nitrogen functional groups attached to an aromatic ring is 1. The Morgan fingerprint density at radius 2 is 1.87 bits per heavy atom. The second kappa shape index (κ2) is 7.54. The number of nitrogens with zero attached hydrogens (tertiary/aromatic N) is 1. The molecule has 1 amide bonds. The van der Waals surface area contributed by atoms with Crippen LogP contribution in [0.15, 0.2) is 54.2 Å². The van der Waals surface area contributed by atoms with Crippen molar-refractivity contribution in [3.05, 3.63) is 64.3 Å². The first-order valence-electron chi connectivity index (χ1n) is 6.49. The molecular formula is C16H12Cl2N4O. The van der Waals surface area contributed by atoms with E-state index in [0.717, 1.165) is 0 Å². The zero-order valence-corrected chi connectivity index (χ0v) is 13.3. The zero-order valence-electron chi connectivity index (χ0n) is 11.8. The molecule has 23 heavy (non-hydrogen) atoms. The average Bonchev–Trinajstić information content (AvgIpc) is 2.54. The molecule has 0 fully saturated rings. The Labute approximate surface area is 143 Å². The van der Waals surface area contributed by atoms with Crippen LogP contribution < -0.4 is 16.4 Å². The standard InChI is InChI=1S/C16H12Cl2N4O/c17-13-2-1-3-14(15(13)18)21-9-10(8-19)16(23)22-12-6-4-11(20)5-7-12/h1-7,9,21H,20H2,(H,22,23)/b10-9-. The Kier molecular flexibility index (Phi) is 5.47. The quantitative estimate of drug-likeness (QED) is 0.442. The van der Waals surface area contributed by atoms with Crippen molar-refractivity contribution in [2.75, 3.05) is 16.4 Å². The van der Waals surface area contributed by atoms with Crippen LogP contribution >= 0.6 is 23.2 Å². The van der Waals surface area contributed by atoms with Crippen LogP contribution in [0, 0.1) is 11.3 Å². The first kappa shape index (κ1) is 16.7. The highest BCUT2D eigenvalue weighted by Crippen LogP contribution is 2.29. The van der Waals surface area contributed by atoms with Crippen molar-refractivity contribution in [1.29, 1.82) is 5.26 Å². The summed E-state index contributed by atoms with van der Waals surface area (Å²) in [5.41, 5.74) is 7.07. The molecule has 116 valence electrons. The van der Waals surface area contributed by atoms with Gasteiger partial charge < -0.3 is 16.4 Å². The van der Waals surface area contributed by atoms with Crippen LogP contribution in [0.5, 0.6) is 0 Å². The fourth-order valence-electron chi connectivity index (χ4n) is 1.68. The van der Waals surface area contributed by atoms with E-state index >= 15 is 0 Å². The topological polar surface area (TPSA) is 90.9 Å². The molecule has 0 saturated carbocycles. The summed E-state index contributed by atoms with van der Waals surface area (Å²) in [6, 6.07) is 13.4. The van der Waals surface area contributed by atoms with Gasteiger partial charge in [-0.3, -0.25) is 4.79 Å². The van der Waals surface area contributed by atoms with Crippen LogP contribution in [0.3, 0.4) is 0 Å². The van der Waals surface area contributed by atoms with E-state index < -0.39 is 5.91 Å². The van der Waals surface area contributed by atoms with Crippen molar-refractivity contribution in [3.63, 3.8) is 0 Å². The molecule has 0 aromatic heterocycles. The Balaban J connectivity index is 2.12. The molecule has 0 radical (unpaired) electrons. The summed E-state index contributed by atoms with van der Waals surface area (Å²) in [6.07, 6.45) is 1.27. The van der Waals surface area contributed by atoms with Crippen LogP contribution in [0.4, 0.5) is 17.1 Å². The van der Waals surface area contributed by atoms with Crippen molar-refractivity contribution in [2.24, 2.45) is 0 Å². The van der Waals surface area contributed by atoms with Crippen LogP contribution in [-0.4, -0.2) is 5.91 Å². The molecular weight excluding hydrogens is 335 g/mol. The molecule has 0 bridgehead atoms. The van der Waals surface area contributed by atoms with Crippen LogP contribution in [0.25, 0.3) is 0 Å². The summed E-state index contributed by atoms with van der Waals surface area (Å²) >= 11 is 11.9. The summed E-state index contributed by atoms with van der Waals surface area (Å²) in [6.45, 7) is 0. The van der Waals surface area contributed by atoms with Gasteiger partial charge in [0.05, 0.1) is 15.7 Å². The summed E-state index contributed by atoms with van der Waals surface area (Å²) in [5, 5.41) is 15.2. The average molecular weight is 347 g/mol. The minimum atomic E-state index is -0.553. The van der Waals surface area contributed by atoms with Crippen molar-refractivity contribution < 1.29 is 4.79 Å². The number of halogens is 2. The monoisotopic (exact) mass is 346 g/mol. The number of amides is 1. The number of rotatable bonds is 4. The Bertz CT molecular complexity index is 795. The van der Waals surface area contributed by atoms with Crippen LogP contribution in [0.2, 0.25) is 10.0 Å². The van der Waals surface area contributed by atoms with Crippen LogP contribution in [-0.2, 0) is 4.79 Å². The molecule has 0 heterocycles. The normalized spacial score (nSPS) is 10.7. The van der Waals surface area contributed by atoms with Crippen molar-refractivity contribution in [2.45, 2.75) is 0 Å². The molecule has 7 heteroatoms. The minimum Gasteiger partial charge on any atom is -0.399 e. The highest BCUT2D eigenvalue weighted by molar-refractivity contribution is 6.43. The van der Waals surface area contributed by atoms with Gasteiger partial charge in [-0.25, -0.2) is 0 Å². The van der Waals surface area contributed by atoms with Gasteiger partial charge in [-0.15, -0.1) is 0 Å². The number of carbonyl (C=O) groups is 1. The molecule has 5 nitrogen and oxygen atoms in total. The molecule has 4 N–H and O–H groups in total. The molecule has 0 aliphatic heterocycles. The van der Waals surface area contributed by atoms with Gasteiger partial charge in [0.15, 0.2) is 0 Å². The van der Waals surface area contributed by atoms with Crippen molar-refractivity contribution in [3.8, 4) is 6.07 Å². The zero-order chi connectivity index (χ0) is 16.8. The number of benzene rings is 2. The summed E-state index contributed by atoms with van der Waals surface area (Å²) in [5.74, 6) is -0.553. The van der Waals surface area contributed by atoms with E-state index in [1.807, 2.05) is 6.07 Å². The summed E-state index contributed by atoms with van der Waals surface area (Å²) < 4.78 is 0. The number of hydrogen-bond acceptors (Lipinski definition) is 4. The fraction of sp³-hybridized carbons (Fsp3) is 0. The van der Waals surface area contributed by atoms with Crippen molar-refractivity contribution >= 4 is 46.2 Å². The van der Waals surface area contributed by atoms with Gasteiger partial charge in [-0.1, -0.05) is 29.3 Å². The maximum atomic E-state index is 12.1.